The van der Waals surface area contributed by atoms with Crippen molar-refractivity contribution in [2.45, 2.75) is 38.5 Å². The van der Waals surface area contributed by atoms with E-state index in [-0.39, 0.29) is 5.82 Å². The normalized spacial score (nSPS) is 23.6. The topological polar surface area (TPSA) is 12.0 Å². The molecule has 17 heavy (non-hydrogen) atoms. The monoisotopic (exact) mass is 233 g/mol. The SMILES string of the molecule is Cc1cc(C2CC3(CCNCC3)C2)ccc1F. The Balaban J connectivity index is 1.70. The highest BCUT2D eigenvalue weighted by atomic mass is 19.1. The molecule has 92 valence electrons. The largest absolute Gasteiger partial charge is 0.317 e. The lowest BCUT2D eigenvalue weighted by Crippen LogP contribution is -2.44. The van der Waals surface area contributed by atoms with Crippen LogP contribution >= 0.6 is 0 Å². The van der Waals surface area contributed by atoms with Gasteiger partial charge in [0.25, 0.3) is 0 Å². The molecule has 2 heteroatoms. The van der Waals surface area contributed by atoms with E-state index in [0.29, 0.717) is 11.3 Å². The van der Waals surface area contributed by atoms with Crippen LogP contribution in [-0.4, -0.2) is 13.1 Å². The van der Waals surface area contributed by atoms with Gasteiger partial charge in [0.1, 0.15) is 5.82 Å². The summed E-state index contributed by atoms with van der Waals surface area (Å²) in [4.78, 5) is 0. The average Bonchev–Trinajstić information content (AvgIpc) is 2.31. The number of benzene rings is 1. The second-order valence-corrected chi connectivity index (χ2v) is 5.86. The Hall–Kier alpha value is -0.890. The number of hydrogen-bond donors (Lipinski definition) is 1. The van der Waals surface area contributed by atoms with Crippen molar-refractivity contribution >= 4 is 0 Å². The second kappa shape index (κ2) is 4.09. The standard InChI is InChI=1S/C15H20FN/c1-11-8-12(2-3-14(11)16)13-9-15(10-13)4-6-17-7-5-15/h2-3,8,13,17H,4-7,9-10H2,1H3. The molecule has 2 fully saturated rings. The highest BCUT2D eigenvalue weighted by Crippen LogP contribution is 2.55. The molecule has 0 radical (unpaired) electrons. The predicted molar refractivity (Wildman–Crippen MR) is 67.6 cm³/mol. The number of piperidine rings is 1. The molecular weight excluding hydrogens is 213 g/mol. The number of hydrogen-bond acceptors (Lipinski definition) is 1. The van der Waals surface area contributed by atoms with Gasteiger partial charge in [-0.05, 0) is 74.2 Å². The molecule has 0 bridgehead atoms. The summed E-state index contributed by atoms with van der Waals surface area (Å²) in [5.74, 6) is 0.594. The third-order valence-corrected chi connectivity index (χ3v) is 4.68. The summed E-state index contributed by atoms with van der Waals surface area (Å²) < 4.78 is 13.2. The van der Waals surface area contributed by atoms with Crippen molar-refractivity contribution in [3.8, 4) is 0 Å². The zero-order valence-electron chi connectivity index (χ0n) is 10.4. The Labute approximate surface area is 102 Å². The van der Waals surface area contributed by atoms with E-state index in [4.69, 9.17) is 0 Å². The molecule has 1 aliphatic carbocycles. The van der Waals surface area contributed by atoms with E-state index < -0.39 is 0 Å². The minimum atomic E-state index is -0.0790. The zero-order chi connectivity index (χ0) is 11.9. The van der Waals surface area contributed by atoms with Crippen molar-refractivity contribution in [2.75, 3.05) is 13.1 Å². The second-order valence-electron chi connectivity index (χ2n) is 5.86. The van der Waals surface area contributed by atoms with Gasteiger partial charge >= 0.3 is 0 Å². The van der Waals surface area contributed by atoms with Gasteiger partial charge < -0.3 is 5.32 Å². The summed E-state index contributed by atoms with van der Waals surface area (Å²) >= 11 is 0. The Morgan fingerprint density at radius 3 is 2.59 bits per heavy atom. The summed E-state index contributed by atoms with van der Waals surface area (Å²) in [6, 6.07) is 5.63. The maximum absolute atomic E-state index is 13.2. The van der Waals surface area contributed by atoms with Gasteiger partial charge in [-0.15, -0.1) is 0 Å². The summed E-state index contributed by atoms with van der Waals surface area (Å²) in [6.07, 6.45) is 5.26. The van der Waals surface area contributed by atoms with Crippen LogP contribution < -0.4 is 5.32 Å². The lowest BCUT2D eigenvalue weighted by molar-refractivity contribution is 0.0603. The van der Waals surface area contributed by atoms with Crippen LogP contribution in [0.2, 0.25) is 0 Å². The highest BCUT2D eigenvalue weighted by molar-refractivity contribution is 5.29. The summed E-state index contributed by atoms with van der Waals surface area (Å²) in [7, 11) is 0. The van der Waals surface area contributed by atoms with Gasteiger partial charge in [0.05, 0.1) is 0 Å². The minimum absolute atomic E-state index is 0.0790. The van der Waals surface area contributed by atoms with Gasteiger partial charge in [0.2, 0.25) is 0 Å². The van der Waals surface area contributed by atoms with Crippen LogP contribution in [-0.2, 0) is 0 Å². The molecule has 0 atom stereocenters. The summed E-state index contributed by atoms with van der Waals surface area (Å²) in [6.45, 7) is 4.21. The molecule has 1 aromatic carbocycles. The quantitative estimate of drug-likeness (QED) is 0.784. The van der Waals surface area contributed by atoms with Gasteiger partial charge in [0.15, 0.2) is 0 Å². The van der Waals surface area contributed by atoms with Crippen molar-refractivity contribution in [3.63, 3.8) is 0 Å². The molecule has 1 aromatic rings. The number of aryl methyl sites for hydroxylation is 1. The zero-order valence-corrected chi connectivity index (χ0v) is 10.4. The molecule has 0 unspecified atom stereocenters. The van der Waals surface area contributed by atoms with E-state index in [1.165, 1.54) is 44.3 Å². The van der Waals surface area contributed by atoms with Crippen LogP contribution in [0.1, 0.15) is 42.7 Å². The van der Waals surface area contributed by atoms with Crippen LogP contribution in [0.4, 0.5) is 4.39 Å². The van der Waals surface area contributed by atoms with Gasteiger partial charge in [0, 0.05) is 0 Å². The molecule has 2 aliphatic rings. The first-order chi connectivity index (χ1) is 8.19. The molecule has 1 aliphatic heterocycles. The van der Waals surface area contributed by atoms with E-state index in [1.54, 1.807) is 6.07 Å². The van der Waals surface area contributed by atoms with Gasteiger partial charge in [-0.1, -0.05) is 12.1 Å². The maximum Gasteiger partial charge on any atom is 0.126 e. The fraction of sp³-hybridized carbons (Fsp3) is 0.600. The third-order valence-electron chi connectivity index (χ3n) is 4.68. The minimum Gasteiger partial charge on any atom is -0.317 e. The van der Waals surface area contributed by atoms with Crippen molar-refractivity contribution < 1.29 is 4.39 Å². The van der Waals surface area contributed by atoms with Crippen molar-refractivity contribution in [1.29, 1.82) is 0 Å². The van der Waals surface area contributed by atoms with E-state index in [1.807, 2.05) is 19.1 Å². The molecule has 0 aromatic heterocycles. The van der Waals surface area contributed by atoms with E-state index >= 15 is 0 Å². The van der Waals surface area contributed by atoms with Crippen LogP contribution in [0.5, 0.6) is 0 Å². The van der Waals surface area contributed by atoms with Crippen molar-refractivity contribution in [1.82, 2.24) is 5.32 Å². The predicted octanol–water partition coefficient (Wildman–Crippen LogP) is 3.38. The highest BCUT2D eigenvalue weighted by Gasteiger charge is 2.44. The molecule has 1 nitrogen and oxygen atoms in total. The van der Waals surface area contributed by atoms with Gasteiger partial charge in [-0.3, -0.25) is 0 Å². The Morgan fingerprint density at radius 2 is 1.94 bits per heavy atom. The number of rotatable bonds is 1. The van der Waals surface area contributed by atoms with Crippen LogP contribution in [0.3, 0.4) is 0 Å². The first kappa shape index (κ1) is 11.2. The molecule has 1 saturated heterocycles. The molecule has 0 amide bonds. The molecule has 1 N–H and O–H groups in total. The number of halogens is 1. The lowest BCUT2D eigenvalue weighted by Gasteiger charge is -2.50. The fourth-order valence-corrected chi connectivity index (χ4v) is 3.51. The van der Waals surface area contributed by atoms with Crippen molar-refractivity contribution in [3.05, 3.63) is 35.1 Å². The van der Waals surface area contributed by atoms with Crippen LogP contribution in [0.15, 0.2) is 18.2 Å². The summed E-state index contributed by atoms with van der Waals surface area (Å²) in [5.41, 5.74) is 2.74. The van der Waals surface area contributed by atoms with Gasteiger partial charge in [-0.2, -0.15) is 0 Å². The van der Waals surface area contributed by atoms with Crippen LogP contribution in [0.25, 0.3) is 0 Å². The van der Waals surface area contributed by atoms with E-state index in [2.05, 4.69) is 5.32 Å². The maximum atomic E-state index is 13.2. The lowest BCUT2D eigenvalue weighted by atomic mass is 9.56. The Morgan fingerprint density at radius 1 is 1.24 bits per heavy atom. The van der Waals surface area contributed by atoms with E-state index in [0.717, 1.165) is 5.56 Å². The Kier molecular flexibility index (Phi) is 2.70. The molecule has 1 saturated carbocycles. The average molecular weight is 233 g/mol. The third kappa shape index (κ3) is 1.99. The Bertz CT molecular complexity index is 413. The van der Waals surface area contributed by atoms with E-state index in [9.17, 15) is 4.39 Å². The number of nitrogens with one attached hydrogen (secondary N) is 1. The first-order valence-electron chi connectivity index (χ1n) is 6.65. The summed E-state index contributed by atoms with van der Waals surface area (Å²) in [5, 5.41) is 3.43. The smallest absolute Gasteiger partial charge is 0.126 e. The molecule has 1 heterocycles. The first-order valence-corrected chi connectivity index (χ1v) is 6.65. The van der Waals surface area contributed by atoms with Crippen LogP contribution in [0, 0.1) is 18.2 Å². The van der Waals surface area contributed by atoms with Gasteiger partial charge in [-0.25, -0.2) is 4.39 Å². The van der Waals surface area contributed by atoms with Crippen molar-refractivity contribution in [2.24, 2.45) is 5.41 Å². The molecule has 3 rings (SSSR count). The fourth-order valence-electron chi connectivity index (χ4n) is 3.51. The molecule has 1 spiro atoms. The molecular formula is C15H20FN.